The zero-order chi connectivity index (χ0) is 9.42. The molecule has 2 fully saturated rings. The molecule has 4 unspecified atom stereocenters. The Morgan fingerprint density at radius 1 is 1.31 bits per heavy atom. The van der Waals surface area contributed by atoms with Crippen LogP contribution in [-0.4, -0.2) is 11.1 Å². The van der Waals surface area contributed by atoms with Crippen LogP contribution in [0.5, 0.6) is 0 Å². The summed E-state index contributed by atoms with van der Waals surface area (Å²) in [6.45, 7) is 2.15. The van der Waals surface area contributed by atoms with Crippen molar-refractivity contribution in [3.8, 4) is 0 Å². The highest BCUT2D eigenvalue weighted by molar-refractivity contribution is 5.70. The first kappa shape index (κ1) is 9.04. The molecule has 2 aliphatic rings. The summed E-state index contributed by atoms with van der Waals surface area (Å²) in [5.74, 6) is 1.57. The van der Waals surface area contributed by atoms with E-state index < -0.39 is 5.97 Å². The summed E-state index contributed by atoms with van der Waals surface area (Å²) in [6.07, 6.45) is 5.70. The average Bonchev–Trinajstić information content (AvgIpc) is 2.81. The summed E-state index contributed by atoms with van der Waals surface area (Å²) in [5.41, 5.74) is 0. The molecule has 0 amide bonds. The maximum Gasteiger partial charge on any atom is 0.306 e. The minimum atomic E-state index is -0.552. The number of hydrogen-bond acceptors (Lipinski definition) is 1. The Balaban J connectivity index is 1.99. The minimum absolute atomic E-state index is 0.0244. The average molecular weight is 182 g/mol. The van der Waals surface area contributed by atoms with Gasteiger partial charge < -0.3 is 5.11 Å². The lowest BCUT2D eigenvalue weighted by molar-refractivity contribution is -0.145. The molecule has 0 aromatic rings. The van der Waals surface area contributed by atoms with Crippen LogP contribution in [0.4, 0.5) is 0 Å². The molecule has 1 N–H and O–H groups in total. The summed E-state index contributed by atoms with van der Waals surface area (Å²) in [4.78, 5) is 11.0. The van der Waals surface area contributed by atoms with Crippen LogP contribution in [0.1, 0.15) is 39.0 Å². The smallest absolute Gasteiger partial charge is 0.306 e. The third kappa shape index (κ3) is 1.72. The second-order valence-electron chi connectivity index (χ2n) is 4.72. The van der Waals surface area contributed by atoms with Gasteiger partial charge in [-0.2, -0.15) is 0 Å². The molecule has 2 saturated carbocycles. The highest BCUT2D eigenvalue weighted by Gasteiger charge is 2.48. The third-order valence-corrected chi connectivity index (χ3v) is 3.78. The van der Waals surface area contributed by atoms with Gasteiger partial charge in [0.2, 0.25) is 0 Å². The largest absolute Gasteiger partial charge is 0.481 e. The molecule has 4 atom stereocenters. The quantitative estimate of drug-likeness (QED) is 0.728. The molecule has 2 nitrogen and oxygen atoms in total. The fourth-order valence-electron chi connectivity index (χ4n) is 2.95. The first-order chi connectivity index (χ1) is 6.22. The van der Waals surface area contributed by atoms with E-state index >= 15 is 0 Å². The summed E-state index contributed by atoms with van der Waals surface area (Å²) in [5, 5.41) is 9.07. The van der Waals surface area contributed by atoms with Gasteiger partial charge in [-0.1, -0.05) is 13.3 Å². The van der Waals surface area contributed by atoms with Crippen LogP contribution in [0.15, 0.2) is 0 Å². The molecule has 2 heteroatoms. The van der Waals surface area contributed by atoms with E-state index in [4.69, 9.17) is 5.11 Å². The van der Waals surface area contributed by atoms with E-state index in [0.717, 1.165) is 31.1 Å². The van der Waals surface area contributed by atoms with E-state index in [1.807, 2.05) is 0 Å². The molecule has 13 heavy (non-hydrogen) atoms. The van der Waals surface area contributed by atoms with Crippen molar-refractivity contribution < 1.29 is 9.90 Å². The van der Waals surface area contributed by atoms with Crippen LogP contribution in [0.25, 0.3) is 0 Å². The van der Waals surface area contributed by atoms with Gasteiger partial charge in [-0.05, 0) is 43.4 Å². The Morgan fingerprint density at radius 3 is 2.62 bits per heavy atom. The fraction of sp³-hybridized carbons (Fsp3) is 0.909. The normalized spacial score (nSPS) is 42.5. The van der Waals surface area contributed by atoms with E-state index in [-0.39, 0.29) is 5.92 Å². The van der Waals surface area contributed by atoms with E-state index in [1.54, 1.807) is 0 Å². The lowest BCUT2D eigenvalue weighted by Crippen LogP contribution is -2.28. The predicted octanol–water partition coefficient (Wildman–Crippen LogP) is 2.53. The predicted molar refractivity (Wildman–Crippen MR) is 50.4 cm³/mol. The summed E-state index contributed by atoms with van der Waals surface area (Å²) in [6, 6.07) is 0. The van der Waals surface area contributed by atoms with Gasteiger partial charge in [-0.15, -0.1) is 0 Å². The number of hydrogen-bond donors (Lipinski definition) is 1. The molecule has 74 valence electrons. The molecule has 0 heterocycles. The topological polar surface area (TPSA) is 37.3 Å². The zero-order valence-corrected chi connectivity index (χ0v) is 8.20. The number of carbonyl (C=O) groups is 1. The molecule has 0 saturated heterocycles. The zero-order valence-electron chi connectivity index (χ0n) is 8.20. The van der Waals surface area contributed by atoms with Crippen LogP contribution in [-0.2, 0) is 4.79 Å². The van der Waals surface area contributed by atoms with E-state index in [1.165, 1.54) is 12.8 Å². The minimum Gasteiger partial charge on any atom is -0.481 e. The van der Waals surface area contributed by atoms with Crippen molar-refractivity contribution in [2.45, 2.75) is 39.0 Å². The third-order valence-electron chi connectivity index (χ3n) is 3.78. The number of rotatable bonds is 3. The summed E-state index contributed by atoms with van der Waals surface area (Å²) in [7, 11) is 0. The lowest BCUT2D eigenvalue weighted by atomic mass is 9.77. The monoisotopic (exact) mass is 182 g/mol. The highest BCUT2D eigenvalue weighted by atomic mass is 16.4. The van der Waals surface area contributed by atoms with Gasteiger partial charge in [0.1, 0.15) is 0 Å². The van der Waals surface area contributed by atoms with Crippen molar-refractivity contribution in [2.24, 2.45) is 23.7 Å². The summed E-state index contributed by atoms with van der Waals surface area (Å²) >= 11 is 0. The molecule has 2 aliphatic carbocycles. The van der Waals surface area contributed by atoms with Crippen molar-refractivity contribution in [3.63, 3.8) is 0 Å². The van der Waals surface area contributed by atoms with Gasteiger partial charge in [-0.3, -0.25) is 4.79 Å². The van der Waals surface area contributed by atoms with Crippen LogP contribution in [0, 0.1) is 23.7 Å². The number of carboxylic acid groups (broad SMARTS) is 1. The lowest BCUT2D eigenvalue weighted by Gasteiger charge is -2.27. The van der Waals surface area contributed by atoms with Crippen molar-refractivity contribution in [3.05, 3.63) is 0 Å². The first-order valence-electron chi connectivity index (χ1n) is 5.45. The Labute approximate surface area is 79.3 Å². The number of aliphatic carboxylic acids is 1. The Kier molecular flexibility index (Phi) is 2.31. The van der Waals surface area contributed by atoms with E-state index in [2.05, 4.69) is 6.92 Å². The maximum absolute atomic E-state index is 11.0. The summed E-state index contributed by atoms with van der Waals surface area (Å²) < 4.78 is 0. The highest BCUT2D eigenvalue weighted by Crippen LogP contribution is 2.54. The standard InChI is InChI=1S/C11H18O2/c1-2-3-7-4-8-5-9(8)6-10(7)11(12)13/h7-10H,2-6H2,1H3,(H,12,13). The van der Waals surface area contributed by atoms with Gasteiger partial charge in [-0.25, -0.2) is 0 Å². The molecule has 0 aromatic carbocycles. The molecule has 0 aliphatic heterocycles. The molecule has 0 radical (unpaired) electrons. The molecule has 0 spiro atoms. The van der Waals surface area contributed by atoms with Crippen molar-refractivity contribution in [1.29, 1.82) is 0 Å². The molecule has 0 bridgehead atoms. The second kappa shape index (κ2) is 3.32. The van der Waals surface area contributed by atoms with E-state index in [9.17, 15) is 4.79 Å². The number of carboxylic acids is 1. The Bertz CT molecular complexity index is 212. The van der Waals surface area contributed by atoms with Gasteiger partial charge in [0, 0.05) is 0 Å². The van der Waals surface area contributed by atoms with Crippen LogP contribution < -0.4 is 0 Å². The molecular weight excluding hydrogens is 164 g/mol. The Hall–Kier alpha value is -0.530. The van der Waals surface area contributed by atoms with Crippen molar-refractivity contribution >= 4 is 5.97 Å². The fourth-order valence-corrected chi connectivity index (χ4v) is 2.95. The molecule has 2 rings (SSSR count). The van der Waals surface area contributed by atoms with E-state index in [0.29, 0.717) is 5.92 Å². The Morgan fingerprint density at radius 2 is 2.00 bits per heavy atom. The maximum atomic E-state index is 11.0. The van der Waals surface area contributed by atoms with Crippen molar-refractivity contribution in [1.82, 2.24) is 0 Å². The second-order valence-corrected chi connectivity index (χ2v) is 4.72. The number of fused-ring (bicyclic) bond motifs is 1. The van der Waals surface area contributed by atoms with Crippen LogP contribution in [0.2, 0.25) is 0 Å². The SMILES string of the molecule is CCCC1CC2CC2CC1C(=O)O. The van der Waals surface area contributed by atoms with Gasteiger partial charge in [0.25, 0.3) is 0 Å². The van der Waals surface area contributed by atoms with Crippen molar-refractivity contribution in [2.75, 3.05) is 0 Å². The van der Waals surface area contributed by atoms with Gasteiger partial charge in [0.05, 0.1) is 5.92 Å². The van der Waals surface area contributed by atoms with Crippen LogP contribution >= 0.6 is 0 Å². The first-order valence-corrected chi connectivity index (χ1v) is 5.45. The molecule has 0 aromatic heterocycles. The van der Waals surface area contributed by atoms with Crippen LogP contribution in [0.3, 0.4) is 0 Å². The van der Waals surface area contributed by atoms with Gasteiger partial charge >= 0.3 is 5.97 Å². The van der Waals surface area contributed by atoms with Gasteiger partial charge in [0.15, 0.2) is 0 Å². The molecular formula is C11H18O2.